The normalized spacial score (nSPS) is 15.9. The Morgan fingerprint density at radius 2 is 1.85 bits per heavy atom. The molecule has 0 unspecified atom stereocenters. The van der Waals surface area contributed by atoms with Crippen molar-refractivity contribution < 1.29 is 4.39 Å². The minimum absolute atomic E-state index is 0.167. The molecule has 0 bridgehead atoms. The van der Waals surface area contributed by atoms with Gasteiger partial charge in [0.15, 0.2) is 0 Å². The summed E-state index contributed by atoms with van der Waals surface area (Å²) < 4.78 is 16.5. The Morgan fingerprint density at radius 3 is 2.65 bits per heavy atom. The van der Waals surface area contributed by atoms with E-state index in [1.165, 1.54) is 33.8 Å². The minimum atomic E-state index is -0.167. The van der Waals surface area contributed by atoms with Crippen LogP contribution in [0.2, 0.25) is 0 Å². The standard InChI is InChI=1S/C23H25FN2/c1-16-8-9-22-20(14-16)19-10-12-25(3)13-11-23(19)26(22)15-17(2)18-6-4-5-7-21(18)24/h4-9,14-15H,10-13H2,1-3H3. The molecule has 0 N–H and O–H groups in total. The smallest absolute Gasteiger partial charge is 0.130 e. The lowest BCUT2D eigenvalue weighted by Crippen LogP contribution is -2.21. The van der Waals surface area contributed by atoms with Crippen molar-refractivity contribution in [3.8, 4) is 0 Å². The van der Waals surface area contributed by atoms with Crippen molar-refractivity contribution in [2.24, 2.45) is 0 Å². The summed E-state index contributed by atoms with van der Waals surface area (Å²) in [5, 5.41) is 1.34. The van der Waals surface area contributed by atoms with E-state index in [9.17, 15) is 4.39 Å². The molecular weight excluding hydrogens is 323 g/mol. The molecule has 2 nitrogen and oxygen atoms in total. The Kier molecular flexibility index (Phi) is 4.41. The van der Waals surface area contributed by atoms with Gasteiger partial charge in [-0.15, -0.1) is 0 Å². The Balaban J connectivity index is 1.92. The molecule has 0 saturated heterocycles. The van der Waals surface area contributed by atoms with Gasteiger partial charge in [0, 0.05) is 42.4 Å². The molecule has 4 rings (SSSR count). The van der Waals surface area contributed by atoms with E-state index in [4.69, 9.17) is 0 Å². The van der Waals surface area contributed by atoms with Gasteiger partial charge in [-0.3, -0.25) is 0 Å². The van der Waals surface area contributed by atoms with Crippen LogP contribution in [0.3, 0.4) is 0 Å². The molecule has 1 aliphatic rings. The molecule has 0 radical (unpaired) electrons. The van der Waals surface area contributed by atoms with Crippen LogP contribution in [-0.4, -0.2) is 29.6 Å². The van der Waals surface area contributed by atoms with Crippen LogP contribution in [0, 0.1) is 12.7 Å². The van der Waals surface area contributed by atoms with Gasteiger partial charge in [-0.2, -0.15) is 0 Å². The lowest BCUT2D eigenvalue weighted by Gasteiger charge is -2.13. The molecular formula is C23H25FN2. The van der Waals surface area contributed by atoms with Crippen molar-refractivity contribution in [1.82, 2.24) is 9.47 Å². The maximum atomic E-state index is 14.2. The van der Waals surface area contributed by atoms with Gasteiger partial charge in [-0.1, -0.05) is 29.8 Å². The third kappa shape index (κ3) is 2.97. The SMILES string of the molecule is CC(=Cn1c2c(c3cc(C)ccc31)CCN(C)CC2)c1ccccc1F. The van der Waals surface area contributed by atoms with Gasteiger partial charge in [0.25, 0.3) is 0 Å². The van der Waals surface area contributed by atoms with Crippen molar-refractivity contribution in [3.05, 3.63) is 70.7 Å². The first-order valence-electron chi connectivity index (χ1n) is 9.29. The molecule has 1 aliphatic heterocycles. The number of likely N-dealkylation sites (N-methyl/N-ethyl adjacent to an activating group) is 1. The maximum absolute atomic E-state index is 14.2. The van der Waals surface area contributed by atoms with Crippen LogP contribution in [0.15, 0.2) is 42.5 Å². The molecule has 0 amide bonds. The zero-order valence-electron chi connectivity index (χ0n) is 15.7. The predicted molar refractivity (Wildman–Crippen MR) is 108 cm³/mol. The van der Waals surface area contributed by atoms with E-state index in [1.54, 1.807) is 6.07 Å². The number of nitrogens with zero attached hydrogens (tertiary/aromatic N) is 2. The fraction of sp³-hybridized carbons (Fsp3) is 0.304. The fourth-order valence-corrected chi connectivity index (χ4v) is 4.00. The van der Waals surface area contributed by atoms with Crippen LogP contribution in [0.5, 0.6) is 0 Å². The second kappa shape index (κ2) is 6.73. The summed E-state index contributed by atoms with van der Waals surface area (Å²) in [6.45, 7) is 6.27. The fourth-order valence-electron chi connectivity index (χ4n) is 4.00. The number of rotatable bonds is 2. The van der Waals surface area contributed by atoms with Crippen LogP contribution >= 0.6 is 0 Å². The van der Waals surface area contributed by atoms with E-state index in [0.717, 1.165) is 31.5 Å². The van der Waals surface area contributed by atoms with Crippen LogP contribution < -0.4 is 0 Å². The third-order valence-corrected chi connectivity index (χ3v) is 5.47. The van der Waals surface area contributed by atoms with Crippen LogP contribution in [0.4, 0.5) is 4.39 Å². The first-order valence-corrected chi connectivity index (χ1v) is 9.29. The Morgan fingerprint density at radius 1 is 1.08 bits per heavy atom. The molecule has 2 heterocycles. The third-order valence-electron chi connectivity index (χ3n) is 5.47. The molecule has 0 atom stereocenters. The van der Waals surface area contributed by atoms with E-state index >= 15 is 0 Å². The highest BCUT2D eigenvalue weighted by molar-refractivity contribution is 5.90. The molecule has 2 aromatic carbocycles. The zero-order chi connectivity index (χ0) is 18.3. The quantitative estimate of drug-likeness (QED) is 0.623. The second-order valence-electron chi connectivity index (χ2n) is 7.41. The maximum Gasteiger partial charge on any atom is 0.130 e. The van der Waals surface area contributed by atoms with E-state index in [-0.39, 0.29) is 5.82 Å². The van der Waals surface area contributed by atoms with E-state index < -0.39 is 0 Å². The topological polar surface area (TPSA) is 8.17 Å². The summed E-state index contributed by atoms with van der Waals surface area (Å²) in [6, 6.07) is 13.7. The number of allylic oxidation sites excluding steroid dienone is 1. The molecule has 3 heteroatoms. The summed E-state index contributed by atoms with van der Waals surface area (Å²) in [5.74, 6) is -0.167. The lowest BCUT2D eigenvalue weighted by atomic mass is 10.1. The summed E-state index contributed by atoms with van der Waals surface area (Å²) >= 11 is 0. The van der Waals surface area contributed by atoms with Gasteiger partial charge in [-0.05, 0) is 56.7 Å². The van der Waals surface area contributed by atoms with Crippen LogP contribution in [-0.2, 0) is 12.8 Å². The van der Waals surface area contributed by atoms with Crippen molar-refractivity contribution in [2.45, 2.75) is 26.7 Å². The summed E-state index contributed by atoms with van der Waals surface area (Å²) in [4.78, 5) is 2.39. The van der Waals surface area contributed by atoms with Gasteiger partial charge < -0.3 is 9.47 Å². The monoisotopic (exact) mass is 348 g/mol. The number of aryl methyl sites for hydroxylation is 1. The van der Waals surface area contributed by atoms with Gasteiger partial charge in [0.1, 0.15) is 5.82 Å². The largest absolute Gasteiger partial charge is 0.320 e. The Hall–Kier alpha value is -2.39. The summed E-state index contributed by atoms with van der Waals surface area (Å²) in [7, 11) is 2.18. The molecule has 1 aromatic heterocycles. The zero-order valence-corrected chi connectivity index (χ0v) is 15.7. The Labute approximate surface area is 154 Å². The number of halogens is 1. The van der Waals surface area contributed by atoms with E-state index in [0.29, 0.717) is 5.56 Å². The molecule has 134 valence electrons. The number of aromatic nitrogens is 1. The number of hydrogen-bond donors (Lipinski definition) is 0. The molecule has 0 fully saturated rings. The minimum Gasteiger partial charge on any atom is -0.320 e. The van der Waals surface area contributed by atoms with Crippen molar-refractivity contribution in [2.75, 3.05) is 20.1 Å². The molecule has 0 saturated carbocycles. The first-order chi connectivity index (χ1) is 12.5. The molecule has 3 aromatic rings. The average molecular weight is 348 g/mol. The molecule has 0 aliphatic carbocycles. The molecule has 26 heavy (non-hydrogen) atoms. The van der Waals surface area contributed by atoms with E-state index in [1.807, 2.05) is 19.1 Å². The predicted octanol–water partition coefficient (Wildman–Crippen LogP) is 5.14. The number of fused-ring (bicyclic) bond motifs is 3. The van der Waals surface area contributed by atoms with Gasteiger partial charge in [-0.25, -0.2) is 4.39 Å². The molecule has 0 spiro atoms. The van der Waals surface area contributed by atoms with Crippen molar-refractivity contribution >= 4 is 22.7 Å². The van der Waals surface area contributed by atoms with E-state index in [2.05, 4.69) is 47.8 Å². The second-order valence-corrected chi connectivity index (χ2v) is 7.41. The van der Waals surface area contributed by atoms with Crippen LogP contribution in [0.25, 0.3) is 22.7 Å². The lowest BCUT2D eigenvalue weighted by molar-refractivity contribution is 0.351. The van der Waals surface area contributed by atoms with Gasteiger partial charge in [0.05, 0.1) is 5.52 Å². The average Bonchev–Trinajstić information content (AvgIpc) is 2.76. The first kappa shape index (κ1) is 17.0. The highest BCUT2D eigenvalue weighted by Gasteiger charge is 2.20. The van der Waals surface area contributed by atoms with Gasteiger partial charge in [0.2, 0.25) is 0 Å². The number of benzene rings is 2. The Bertz CT molecular complexity index is 997. The highest BCUT2D eigenvalue weighted by atomic mass is 19.1. The van der Waals surface area contributed by atoms with Crippen LogP contribution in [0.1, 0.15) is 29.3 Å². The van der Waals surface area contributed by atoms with Crippen molar-refractivity contribution in [3.63, 3.8) is 0 Å². The summed E-state index contributed by atoms with van der Waals surface area (Å²) in [6.07, 6.45) is 4.19. The number of hydrogen-bond acceptors (Lipinski definition) is 1. The van der Waals surface area contributed by atoms with Crippen molar-refractivity contribution in [1.29, 1.82) is 0 Å². The summed E-state index contributed by atoms with van der Waals surface area (Å²) in [5.41, 5.74) is 6.93. The van der Waals surface area contributed by atoms with Gasteiger partial charge >= 0.3 is 0 Å². The highest BCUT2D eigenvalue weighted by Crippen LogP contribution is 2.31.